The van der Waals surface area contributed by atoms with Crippen LogP contribution in [0.5, 0.6) is 0 Å². The molecule has 0 aliphatic carbocycles. The fourth-order valence-corrected chi connectivity index (χ4v) is 5.33. The van der Waals surface area contributed by atoms with Crippen LogP contribution in [0.2, 0.25) is 0 Å². The number of non-ortho nitro benzene ring substituents is 2. The number of benzene rings is 2. The van der Waals surface area contributed by atoms with Gasteiger partial charge in [-0.1, -0.05) is 0 Å². The average Bonchev–Trinajstić information content (AvgIpc) is 3.23. The molecule has 39 heavy (non-hydrogen) atoms. The molecule has 0 unspecified atom stereocenters. The van der Waals surface area contributed by atoms with Crippen molar-refractivity contribution in [3.63, 3.8) is 0 Å². The van der Waals surface area contributed by atoms with Crippen LogP contribution in [0.1, 0.15) is 24.5 Å². The number of amides is 1. The van der Waals surface area contributed by atoms with E-state index in [1.165, 1.54) is 60.4 Å². The Balaban J connectivity index is 1.40. The van der Waals surface area contributed by atoms with Crippen molar-refractivity contribution in [2.24, 2.45) is 5.92 Å². The zero-order valence-electron chi connectivity index (χ0n) is 20.6. The first-order chi connectivity index (χ1) is 18.6. The van der Waals surface area contributed by atoms with Crippen molar-refractivity contribution < 1.29 is 38.8 Å². The number of aliphatic hydroxyl groups is 1. The number of carbonyl (C=O) groups excluding carboxylic acids is 3. The number of fused-ring (bicyclic) bond motifs is 1. The molecular weight excluding hydrogens is 534 g/mol. The summed E-state index contributed by atoms with van der Waals surface area (Å²) in [4.78, 5) is 60.3. The van der Waals surface area contributed by atoms with Gasteiger partial charge in [-0.05, 0) is 42.3 Å². The normalized spacial score (nSPS) is 18.7. The van der Waals surface area contributed by atoms with E-state index in [0.29, 0.717) is 16.0 Å². The molecule has 1 N–H and O–H groups in total. The van der Waals surface area contributed by atoms with Gasteiger partial charge >= 0.3 is 11.9 Å². The Hall–Kier alpha value is -4.30. The van der Waals surface area contributed by atoms with Crippen molar-refractivity contribution in [2.45, 2.75) is 38.7 Å². The van der Waals surface area contributed by atoms with E-state index >= 15 is 0 Å². The second-order valence-electron chi connectivity index (χ2n) is 8.89. The van der Waals surface area contributed by atoms with E-state index in [-0.39, 0.29) is 42.5 Å². The molecule has 13 nitrogen and oxygen atoms in total. The van der Waals surface area contributed by atoms with Crippen LogP contribution in [0.4, 0.5) is 11.4 Å². The van der Waals surface area contributed by atoms with E-state index in [4.69, 9.17) is 9.47 Å². The van der Waals surface area contributed by atoms with Crippen LogP contribution in [0, 0.1) is 26.1 Å². The quantitative estimate of drug-likeness (QED) is 0.186. The molecule has 1 fully saturated rings. The van der Waals surface area contributed by atoms with Gasteiger partial charge in [-0.25, -0.2) is 4.79 Å². The summed E-state index contributed by atoms with van der Waals surface area (Å²) < 4.78 is 10.6. The highest BCUT2D eigenvalue weighted by molar-refractivity contribution is 8.03. The highest BCUT2D eigenvalue weighted by Crippen LogP contribution is 2.47. The summed E-state index contributed by atoms with van der Waals surface area (Å²) in [6.07, 6.45) is -0.670. The van der Waals surface area contributed by atoms with Gasteiger partial charge in [-0.15, -0.1) is 11.8 Å². The monoisotopic (exact) mass is 557 g/mol. The van der Waals surface area contributed by atoms with E-state index in [1.807, 2.05) is 0 Å². The zero-order valence-corrected chi connectivity index (χ0v) is 21.4. The lowest BCUT2D eigenvalue weighted by molar-refractivity contribution is -0.385. The first-order valence-electron chi connectivity index (χ1n) is 11.7. The molecule has 2 aliphatic rings. The molecule has 204 valence electrons. The molecule has 0 spiro atoms. The second kappa shape index (κ2) is 11.6. The highest BCUT2D eigenvalue weighted by Gasteiger charge is 2.57. The molecule has 3 atom stereocenters. The molecule has 2 heterocycles. The van der Waals surface area contributed by atoms with Gasteiger partial charge in [0.05, 0.1) is 33.7 Å². The van der Waals surface area contributed by atoms with Crippen molar-refractivity contribution in [1.82, 2.24) is 4.90 Å². The summed E-state index contributed by atoms with van der Waals surface area (Å²) in [6, 6.07) is 10.6. The zero-order chi connectivity index (χ0) is 28.3. The number of carbonyl (C=O) groups is 3. The number of esters is 2. The molecule has 0 saturated carbocycles. The Labute approximate surface area is 225 Å². The smallest absolute Gasteiger partial charge is 0.356 e. The number of rotatable bonds is 11. The lowest BCUT2D eigenvalue weighted by Crippen LogP contribution is -2.61. The summed E-state index contributed by atoms with van der Waals surface area (Å²) >= 11 is 1.02. The van der Waals surface area contributed by atoms with Crippen LogP contribution < -0.4 is 0 Å². The molecule has 1 amide bonds. The van der Waals surface area contributed by atoms with E-state index in [2.05, 4.69) is 0 Å². The highest BCUT2D eigenvalue weighted by atomic mass is 32.2. The van der Waals surface area contributed by atoms with Crippen LogP contribution >= 0.6 is 11.8 Å². The number of thioether (sulfide) groups is 1. The molecule has 2 aromatic carbocycles. The molecule has 0 radical (unpaired) electrons. The van der Waals surface area contributed by atoms with Crippen LogP contribution in [-0.4, -0.2) is 55.6 Å². The Morgan fingerprint density at radius 2 is 1.51 bits per heavy atom. The maximum atomic E-state index is 13.0. The number of aliphatic hydroxyl groups excluding tert-OH is 1. The van der Waals surface area contributed by atoms with Crippen molar-refractivity contribution in [3.05, 3.63) is 90.5 Å². The van der Waals surface area contributed by atoms with Crippen molar-refractivity contribution in [1.29, 1.82) is 0 Å². The lowest BCUT2D eigenvalue weighted by atomic mass is 9.83. The first kappa shape index (κ1) is 27.7. The Kier molecular flexibility index (Phi) is 8.26. The lowest BCUT2D eigenvalue weighted by Gasteiger charge is -2.44. The van der Waals surface area contributed by atoms with Gasteiger partial charge in [-0.2, -0.15) is 0 Å². The topological polar surface area (TPSA) is 179 Å². The van der Waals surface area contributed by atoms with Gasteiger partial charge in [0.25, 0.3) is 11.4 Å². The Bertz CT molecular complexity index is 1340. The van der Waals surface area contributed by atoms with Gasteiger partial charge < -0.3 is 19.5 Å². The fraction of sp³-hybridized carbons (Fsp3) is 0.320. The van der Waals surface area contributed by atoms with Crippen molar-refractivity contribution in [3.8, 4) is 0 Å². The molecule has 1 saturated heterocycles. The van der Waals surface area contributed by atoms with Gasteiger partial charge in [0.1, 0.15) is 18.9 Å². The van der Waals surface area contributed by atoms with E-state index < -0.39 is 45.8 Å². The SMILES string of the molecule is C[C@H](O)[C@@H]1C(=O)N2C(C(=O)OCc3ccc([N+](=O)[O-])cc3)=C(SCC(=O)OCc3ccc([N+](=O)[O-])cc3)C[C@H]12. The van der Waals surface area contributed by atoms with E-state index in [1.54, 1.807) is 0 Å². The largest absolute Gasteiger partial charge is 0.460 e. The molecule has 2 aromatic rings. The maximum absolute atomic E-state index is 13.0. The van der Waals surface area contributed by atoms with Crippen LogP contribution in [0.25, 0.3) is 0 Å². The molecule has 4 rings (SSSR count). The second-order valence-corrected chi connectivity index (χ2v) is 9.96. The minimum absolute atomic E-state index is 0.00280. The number of ether oxygens (including phenoxy) is 2. The summed E-state index contributed by atoms with van der Waals surface area (Å²) in [6.45, 7) is 1.20. The molecule has 14 heteroatoms. The number of β-lactam (4-membered cyclic amide) rings is 1. The van der Waals surface area contributed by atoms with Gasteiger partial charge in [0, 0.05) is 35.6 Å². The number of nitro groups is 2. The average molecular weight is 558 g/mol. The summed E-state index contributed by atoms with van der Waals surface area (Å²) in [5, 5.41) is 31.6. The molecular formula is C25H23N3O10S. The Morgan fingerprint density at radius 3 is 2.00 bits per heavy atom. The molecule has 0 aromatic heterocycles. The van der Waals surface area contributed by atoms with Gasteiger partial charge in [-0.3, -0.25) is 29.8 Å². The number of nitro benzene ring substituents is 2. The third-order valence-electron chi connectivity index (χ3n) is 6.31. The van der Waals surface area contributed by atoms with Crippen LogP contribution in [0.15, 0.2) is 59.1 Å². The van der Waals surface area contributed by atoms with Crippen molar-refractivity contribution in [2.75, 3.05) is 5.75 Å². The third-order valence-corrected chi connectivity index (χ3v) is 7.40. The van der Waals surface area contributed by atoms with Gasteiger partial charge in [0.2, 0.25) is 5.91 Å². The summed E-state index contributed by atoms with van der Waals surface area (Å²) in [7, 11) is 0. The minimum Gasteiger partial charge on any atom is -0.460 e. The first-order valence-corrected chi connectivity index (χ1v) is 12.7. The Morgan fingerprint density at radius 1 is 1.00 bits per heavy atom. The van der Waals surface area contributed by atoms with E-state index in [0.717, 1.165) is 11.8 Å². The van der Waals surface area contributed by atoms with Crippen molar-refractivity contribution >= 4 is 41.0 Å². The predicted molar refractivity (Wildman–Crippen MR) is 136 cm³/mol. The third kappa shape index (κ3) is 6.07. The molecule has 2 aliphatic heterocycles. The van der Waals surface area contributed by atoms with Gasteiger partial charge in [0.15, 0.2) is 0 Å². The van der Waals surface area contributed by atoms with Crippen LogP contribution in [0.3, 0.4) is 0 Å². The standard InChI is InChI=1S/C25H23N3O10S/c1-14(29)22-19-10-20(39-13-21(30)37-11-15-2-6-17(7-3-15)27(33)34)23(26(19)24(22)31)25(32)38-12-16-4-8-18(9-5-16)28(35)36/h2-9,14,19,22,29H,10-13H2,1H3/t14-,19+,22-/m0/s1. The number of nitrogens with zero attached hydrogens (tertiary/aromatic N) is 3. The summed E-state index contributed by atoms with van der Waals surface area (Å²) in [5.74, 6) is -2.68. The molecule has 0 bridgehead atoms. The fourth-order valence-electron chi connectivity index (χ4n) is 4.35. The summed E-state index contributed by atoms with van der Waals surface area (Å²) in [5.41, 5.74) is 0.864. The maximum Gasteiger partial charge on any atom is 0.356 e. The minimum atomic E-state index is -0.924. The number of hydrogen-bond donors (Lipinski definition) is 1. The van der Waals surface area contributed by atoms with Crippen LogP contribution in [-0.2, 0) is 37.1 Å². The van der Waals surface area contributed by atoms with E-state index in [9.17, 15) is 39.7 Å². The predicted octanol–water partition coefficient (Wildman–Crippen LogP) is 2.85. The number of hydrogen-bond acceptors (Lipinski definition) is 11.